The first kappa shape index (κ1) is 15.4. The van der Waals surface area contributed by atoms with Crippen molar-refractivity contribution < 1.29 is 14.4 Å². The molecule has 1 aliphatic heterocycles. The van der Waals surface area contributed by atoms with Crippen LogP contribution in [0.15, 0.2) is 36.5 Å². The van der Waals surface area contributed by atoms with Gasteiger partial charge in [0.1, 0.15) is 6.54 Å². The second kappa shape index (κ2) is 6.73. The molecular formula is C17H19N3O3. The highest BCUT2D eigenvalue weighted by Gasteiger charge is 2.47. The Kier molecular flexibility index (Phi) is 4.50. The molecule has 6 nitrogen and oxygen atoms in total. The van der Waals surface area contributed by atoms with Crippen LogP contribution in [0.4, 0.5) is 0 Å². The van der Waals surface area contributed by atoms with Gasteiger partial charge >= 0.3 is 0 Å². The number of rotatable bonds is 5. The van der Waals surface area contributed by atoms with Gasteiger partial charge in [0, 0.05) is 24.9 Å². The number of amides is 3. The summed E-state index contributed by atoms with van der Waals surface area (Å²) in [7, 11) is 0. The predicted molar refractivity (Wildman–Crippen MR) is 83.0 cm³/mol. The van der Waals surface area contributed by atoms with Crippen LogP contribution in [0, 0.1) is 11.8 Å². The molecule has 1 aliphatic carbocycles. The van der Waals surface area contributed by atoms with Crippen molar-refractivity contribution in [3.8, 4) is 0 Å². The largest absolute Gasteiger partial charge is 0.354 e. The van der Waals surface area contributed by atoms with Crippen molar-refractivity contribution in [1.29, 1.82) is 0 Å². The fraction of sp³-hybridized carbons (Fsp3) is 0.412. The molecule has 1 N–H and O–H groups in total. The number of likely N-dealkylation sites (tertiary alicyclic amines) is 1. The second-order valence-electron chi connectivity index (χ2n) is 5.84. The van der Waals surface area contributed by atoms with Crippen molar-refractivity contribution in [2.75, 3.05) is 13.1 Å². The van der Waals surface area contributed by atoms with Crippen LogP contribution < -0.4 is 5.32 Å². The summed E-state index contributed by atoms with van der Waals surface area (Å²) in [4.78, 5) is 41.8. The van der Waals surface area contributed by atoms with Crippen LogP contribution in [-0.4, -0.2) is 40.7 Å². The number of carbonyl (C=O) groups is 3. The van der Waals surface area contributed by atoms with Gasteiger partial charge in [-0.05, 0) is 25.0 Å². The van der Waals surface area contributed by atoms with Crippen LogP contribution in [0.5, 0.6) is 0 Å². The summed E-state index contributed by atoms with van der Waals surface area (Å²) in [6.45, 7) is 0.243. The van der Waals surface area contributed by atoms with E-state index in [9.17, 15) is 14.4 Å². The predicted octanol–water partition coefficient (Wildman–Crippen LogP) is 0.691. The molecule has 23 heavy (non-hydrogen) atoms. The number of hydrogen-bond acceptors (Lipinski definition) is 4. The van der Waals surface area contributed by atoms with Gasteiger partial charge in [0.2, 0.25) is 17.7 Å². The Morgan fingerprint density at radius 2 is 1.87 bits per heavy atom. The first-order valence-electron chi connectivity index (χ1n) is 7.83. The minimum absolute atomic E-state index is 0.188. The third-order valence-corrected chi connectivity index (χ3v) is 4.33. The Morgan fingerprint density at radius 3 is 2.48 bits per heavy atom. The highest BCUT2D eigenvalue weighted by molar-refractivity contribution is 6.07. The third-order valence-electron chi connectivity index (χ3n) is 4.33. The lowest BCUT2D eigenvalue weighted by Crippen LogP contribution is -2.41. The van der Waals surface area contributed by atoms with E-state index in [-0.39, 0.29) is 36.1 Å². The molecule has 6 heteroatoms. The van der Waals surface area contributed by atoms with Gasteiger partial charge in [0.15, 0.2) is 0 Å². The highest BCUT2D eigenvalue weighted by atomic mass is 16.2. The molecule has 0 spiro atoms. The number of allylic oxidation sites excluding steroid dienone is 2. The maximum atomic E-state index is 12.3. The van der Waals surface area contributed by atoms with Crippen LogP contribution in [0.2, 0.25) is 0 Å². The van der Waals surface area contributed by atoms with E-state index in [1.165, 1.54) is 0 Å². The lowest BCUT2D eigenvalue weighted by atomic mass is 9.85. The minimum Gasteiger partial charge on any atom is -0.354 e. The molecule has 0 saturated carbocycles. The zero-order valence-electron chi connectivity index (χ0n) is 12.8. The van der Waals surface area contributed by atoms with Crippen molar-refractivity contribution in [3.63, 3.8) is 0 Å². The van der Waals surface area contributed by atoms with Gasteiger partial charge in [0.25, 0.3) is 0 Å². The molecule has 0 radical (unpaired) electrons. The maximum absolute atomic E-state index is 12.3. The molecule has 3 amide bonds. The van der Waals surface area contributed by atoms with E-state index in [0.29, 0.717) is 25.8 Å². The average Bonchev–Trinajstić information content (AvgIpc) is 2.81. The van der Waals surface area contributed by atoms with Gasteiger partial charge in [-0.2, -0.15) is 0 Å². The number of nitrogens with zero attached hydrogens (tertiary/aromatic N) is 2. The van der Waals surface area contributed by atoms with Gasteiger partial charge in [-0.25, -0.2) is 0 Å². The van der Waals surface area contributed by atoms with E-state index < -0.39 is 0 Å². The van der Waals surface area contributed by atoms with E-state index >= 15 is 0 Å². The number of imide groups is 1. The molecule has 1 saturated heterocycles. The number of pyridine rings is 1. The maximum Gasteiger partial charge on any atom is 0.240 e. The Bertz CT molecular complexity index is 616. The smallest absolute Gasteiger partial charge is 0.240 e. The fourth-order valence-corrected chi connectivity index (χ4v) is 3.10. The van der Waals surface area contributed by atoms with Gasteiger partial charge in [-0.3, -0.25) is 24.3 Å². The molecule has 0 bridgehead atoms. The summed E-state index contributed by atoms with van der Waals surface area (Å²) in [6.07, 6.45) is 7.36. The van der Waals surface area contributed by atoms with E-state index in [4.69, 9.17) is 0 Å². The summed E-state index contributed by atoms with van der Waals surface area (Å²) in [6, 6.07) is 5.61. The average molecular weight is 313 g/mol. The lowest BCUT2D eigenvalue weighted by molar-refractivity contribution is -0.143. The molecule has 3 rings (SSSR count). The quantitative estimate of drug-likeness (QED) is 0.641. The SMILES string of the molecule is O=C(CN1C(=O)[C@@H]2CC=CC[C@H]2C1=O)NCCc1ccccn1. The van der Waals surface area contributed by atoms with E-state index in [1.807, 2.05) is 30.4 Å². The molecule has 2 atom stereocenters. The van der Waals surface area contributed by atoms with Crippen LogP contribution in [0.25, 0.3) is 0 Å². The Hall–Kier alpha value is -2.50. The van der Waals surface area contributed by atoms with Crippen molar-refractivity contribution in [3.05, 3.63) is 42.2 Å². The summed E-state index contributed by atoms with van der Waals surface area (Å²) < 4.78 is 0. The Balaban J connectivity index is 1.50. The van der Waals surface area contributed by atoms with Gasteiger partial charge < -0.3 is 5.32 Å². The standard InChI is InChI=1S/C17H19N3O3/c21-15(19-10-8-12-5-3-4-9-18-12)11-20-16(22)13-6-1-2-7-14(13)17(20)23/h1-5,9,13-14H,6-8,10-11H2,(H,19,21)/t13-,14-/m1/s1. The first-order chi connectivity index (χ1) is 11.2. The molecule has 2 aliphatic rings. The van der Waals surface area contributed by atoms with Crippen molar-refractivity contribution in [1.82, 2.24) is 15.2 Å². The van der Waals surface area contributed by atoms with Crippen LogP contribution in [0.1, 0.15) is 18.5 Å². The zero-order chi connectivity index (χ0) is 16.2. The van der Waals surface area contributed by atoms with Crippen LogP contribution in [-0.2, 0) is 20.8 Å². The molecule has 0 aromatic carbocycles. The van der Waals surface area contributed by atoms with E-state index in [0.717, 1.165) is 10.6 Å². The molecule has 1 aromatic rings. The number of hydrogen-bond donors (Lipinski definition) is 1. The summed E-state index contributed by atoms with van der Waals surface area (Å²) in [5, 5.41) is 2.74. The minimum atomic E-state index is -0.311. The Morgan fingerprint density at radius 1 is 1.17 bits per heavy atom. The summed E-state index contributed by atoms with van der Waals surface area (Å²) in [5.74, 6) is -1.31. The highest BCUT2D eigenvalue weighted by Crippen LogP contribution is 2.34. The molecule has 2 heterocycles. The molecule has 1 fully saturated rings. The molecule has 120 valence electrons. The molecular weight excluding hydrogens is 294 g/mol. The second-order valence-corrected chi connectivity index (χ2v) is 5.84. The number of fused-ring (bicyclic) bond motifs is 1. The monoisotopic (exact) mass is 313 g/mol. The zero-order valence-corrected chi connectivity index (χ0v) is 12.8. The number of aromatic nitrogens is 1. The van der Waals surface area contributed by atoms with Gasteiger partial charge in [-0.15, -0.1) is 0 Å². The van der Waals surface area contributed by atoms with E-state index in [1.54, 1.807) is 6.20 Å². The van der Waals surface area contributed by atoms with Crippen molar-refractivity contribution in [2.24, 2.45) is 11.8 Å². The van der Waals surface area contributed by atoms with Crippen LogP contribution >= 0.6 is 0 Å². The topological polar surface area (TPSA) is 79.4 Å². The van der Waals surface area contributed by atoms with Crippen molar-refractivity contribution >= 4 is 17.7 Å². The fourth-order valence-electron chi connectivity index (χ4n) is 3.10. The van der Waals surface area contributed by atoms with Gasteiger partial charge in [-0.1, -0.05) is 18.2 Å². The lowest BCUT2D eigenvalue weighted by Gasteiger charge is -2.14. The number of carbonyl (C=O) groups excluding carboxylic acids is 3. The molecule has 0 unspecified atom stereocenters. The first-order valence-corrected chi connectivity index (χ1v) is 7.83. The van der Waals surface area contributed by atoms with E-state index in [2.05, 4.69) is 10.3 Å². The third kappa shape index (κ3) is 3.31. The summed E-state index contributed by atoms with van der Waals surface area (Å²) in [5.41, 5.74) is 0.887. The normalized spacial score (nSPS) is 23.0. The molecule has 1 aromatic heterocycles. The van der Waals surface area contributed by atoms with Crippen molar-refractivity contribution in [2.45, 2.75) is 19.3 Å². The number of nitrogens with one attached hydrogen (secondary N) is 1. The van der Waals surface area contributed by atoms with Gasteiger partial charge in [0.05, 0.1) is 11.8 Å². The summed E-state index contributed by atoms with van der Waals surface area (Å²) >= 11 is 0. The van der Waals surface area contributed by atoms with Crippen LogP contribution in [0.3, 0.4) is 0 Å². The Labute approximate surface area is 134 Å².